The molecule has 126 valence electrons. The number of aromatic nitrogens is 2. The fraction of sp³-hybridized carbons (Fsp3) is 0.150. The normalized spacial score (nSPS) is 10.3. The maximum absolute atomic E-state index is 12.2. The van der Waals surface area contributed by atoms with Crippen molar-refractivity contribution in [2.24, 2.45) is 0 Å². The molecule has 0 bridgehead atoms. The van der Waals surface area contributed by atoms with Gasteiger partial charge in [-0.05, 0) is 48.4 Å². The summed E-state index contributed by atoms with van der Waals surface area (Å²) in [4.78, 5) is 22.6. The summed E-state index contributed by atoms with van der Waals surface area (Å²) in [5, 5.41) is 2.83. The van der Waals surface area contributed by atoms with Crippen LogP contribution in [-0.4, -0.2) is 29.5 Å². The van der Waals surface area contributed by atoms with Gasteiger partial charge in [-0.3, -0.25) is 9.78 Å². The molecule has 5 heteroatoms. The SMILES string of the molecule is CN(CCc1ccncc1)c1ccc(C(=O)Nc2ccccc2)nc1. The first-order valence-electron chi connectivity index (χ1n) is 8.15. The number of likely N-dealkylation sites (N-methyl/N-ethyl adjacent to an activating group) is 1. The van der Waals surface area contributed by atoms with E-state index in [2.05, 4.69) is 20.2 Å². The van der Waals surface area contributed by atoms with Crippen LogP contribution < -0.4 is 10.2 Å². The molecule has 0 atom stereocenters. The molecule has 1 aromatic carbocycles. The number of rotatable bonds is 6. The topological polar surface area (TPSA) is 58.1 Å². The lowest BCUT2D eigenvalue weighted by molar-refractivity contribution is 0.102. The number of benzene rings is 1. The number of hydrogen-bond donors (Lipinski definition) is 1. The Morgan fingerprint density at radius 2 is 1.80 bits per heavy atom. The zero-order valence-electron chi connectivity index (χ0n) is 14.1. The van der Waals surface area contributed by atoms with Crippen LogP contribution in [-0.2, 0) is 6.42 Å². The highest BCUT2D eigenvalue weighted by Gasteiger charge is 2.09. The predicted molar refractivity (Wildman–Crippen MR) is 99.8 cm³/mol. The van der Waals surface area contributed by atoms with Gasteiger partial charge in [0.15, 0.2) is 0 Å². The number of pyridine rings is 2. The van der Waals surface area contributed by atoms with Crippen molar-refractivity contribution >= 4 is 17.3 Å². The van der Waals surface area contributed by atoms with E-state index in [1.165, 1.54) is 5.56 Å². The molecule has 0 saturated carbocycles. The van der Waals surface area contributed by atoms with Crippen LogP contribution in [0.2, 0.25) is 0 Å². The van der Waals surface area contributed by atoms with Crippen LogP contribution in [0, 0.1) is 0 Å². The molecule has 0 radical (unpaired) electrons. The number of nitrogens with one attached hydrogen (secondary N) is 1. The first-order chi connectivity index (χ1) is 12.2. The van der Waals surface area contributed by atoms with Crippen LogP contribution >= 0.6 is 0 Å². The number of hydrogen-bond acceptors (Lipinski definition) is 4. The van der Waals surface area contributed by atoms with Crippen LogP contribution in [0.3, 0.4) is 0 Å². The molecule has 3 aromatic rings. The maximum Gasteiger partial charge on any atom is 0.274 e. The Bertz CT molecular complexity index is 804. The zero-order valence-corrected chi connectivity index (χ0v) is 14.1. The fourth-order valence-corrected chi connectivity index (χ4v) is 2.44. The van der Waals surface area contributed by atoms with E-state index in [4.69, 9.17) is 0 Å². The summed E-state index contributed by atoms with van der Waals surface area (Å²) in [5.41, 5.74) is 3.38. The standard InChI is InChI=1S/C20H20N4O/c1-24(14-11-16-9-12-21-13-10-16)18-7-8-19(22-15-18)20(25)23-17-5-3-2-4-6-17/h2-10,12-13,15H,11,14H2,1H3,(H,23,25). The van der Waals surface area contributed by atoms with E-state index in [1.54, 1.807) is 24.7 Å². The van der Waals surface area contributed by atoms with Crippen molar-refractivity contribution in [3.63, 3.8) is 0 Å². The third-order valence-electron chi connectivity index (χ3n) is 3.94. The summed E-state index contributed by atoms with van der Waals surface area (Å²) in [6.07, 6.45) is 6.26. The highest BCUT2D eigenvalue weighted by molar-refractivity contribution is 6.02. The van der Waals surface area contributed by atoms with E-state index < -0.39 is 0 Å². The minimum Gasteiger partial charge on any atom is -0.373 e. The molecule has 2 heterocycles. The van der Waals surface area contributed by atoms with Gasteiger partial charge in [0, 0.05) is 31.7 Å². The number of carbonyl (C=O) groups is 1. The van der Waals surface area contributed by atoms with Crippen LogP contribution in [0.1, 0.15) is 16.1 Å². The van der Waals surface area contributed by atoms with Crippen molar-refractivity contribution in [1.82, 2.24) is 9.97 Å². The van der Waals surface area contributed by atoms with Gasteiger partial charge in [-0.2, -0.15) is 0 Å². The number of amides is 1. The molecule has 0 unspecified atom stereocenters. The quantitative estimate of drug-likeness (QED) is 0.751. The molecule has 1 amide bonds. The second-order valence-corrected chi connectivity index (χ2v) is 5.75. The van der Waals surface area contributed by atoms with Gasteiger partial charge < -0.3 is 10.2 Å². The molecule has 0 aliphatic heterocycles. The summed E-state index contributed by atoms with van der Waals surface area (Å²) in [6, 6.07) is 17.1. The highest BCUT2D eigenvalue weighted by atomic mass is 16.1. The lowest BCUT2D eigenvalue weighted by Crippen LogP contribution is -2.21. The van der Waals surface area contributed by atoms with Gasteiger partial charge >= 0.3 is 0 Å². The average Bonchev–Trinajstić information content (AvgIpc) is 2.68. The largest absolute Gasteiger partial charge is 0.373 e. The molecule has 5 nitrogen and oxygen atoms in total. The van der Waals surface area contributed by atoms with E-state index >= 15 is 0 Å². The van der Waals surface area contributed by atoms with Gasteiger partial charge in [-0.15, -0.1) is 0 Å². The van der Waals surface area contributed by atoms with Gasteiger partial charge in [0.25, 0.3) is 5.91 Å². The van der Waals surface area contributed by atoms with Gasteiger partial charge in [0.05, 0.1) is 11.9 Å². The number of anilines is 2. The Hall–Kier alpha value is -3.21. The smallest absolute Gasteiger partial charge is 0.274 e. The van der Waals surface area contributed by atoms with Gasteiger partial charge in [-0.1, -0.05) is 18.2 Å². The monoisotopic (exact) mass is 332 g/mol. The minimum absolute atomic E-state index is 0.211. The summed E-state index contributed by atoms with van der Waals surface area (Å²) < 4.78 is 0. The van der Waals surface area contributed by atoms with Gasteiger partial charge in [-0.25, -0.2) is 4.98 Å². The Kier molecular flexibility index (Phi) is 5.36. The molecule has 0 aliphatic carbocycles. The Balaban J connectivity index is 1.58. The summed E-state index contributed by atoms with van der Waals surface area (Å²) in [6.45, 7) is 0.862. The molecule has 0 spiro atoms. The third-order valence-corrected chi connectivity index (χ3v) is 3.94. The third kappa shape index (κ3) is 4.64. The van der Waals surface area contributed by atoms with Crippen molar-refractivity contribution in [2.45, 2.75) is 6.42 Å². The second kappa shape index (κ2) is 8.06. The van der Waals surface area contributed by atoms with Crippen LogP contribution in [0.25, 0.3) is 0 Å². The second-order valence-electron chi connectivity index (χ2n) is 5.75. The molecule has 0 fully saturated rings. The first-order valence-corrected chi connectivity index (χ1v) is 8.15. The van der Waals surface area contributed by atoms with Gasteiger partial charge in [0.1, 0.15) is 5.69 Å². The Morgan fingerprint density at radius 1 is 1.04 bits per heavy atom. The Labute approximate surface area is 147 Å². The molecule has 0 saturated heterocycles. The zero-order chi connectivity index (χ0) is 17.5. The molecule has 3 rings (SSSR count). The average molecular weight is 332 g/mol. The lowest BCUT2D eigenvalue weighted by Gasteiger charge is -2.19. The van der Waals surface area contributed by atoms with E-state index in [-0.39, 0.29) is 5.91 Å². The lowest BCUT2D eigenvalue weighted by atomic mass is 10.2. The molecular formula is C20H20N4O. The molecule has 25 heavy (non-hydrogen) atoms. The van der Waals surface area contributed by atoms with E-state index in [1.807, 2.05) is 55.6 Å². The van der Waals surface area contributed by atoms with Crippen LogP contribution in [0.15, 0.2) is 73.2 Å². The first kappa shape index (κ1) is 16.6. The van der Waals surface area contributed by atoms with Crippen molar-refractivity contribution in [3.8, 4) is 0 Å². The minimum atomic E-state index is -0.211. The molecular weight excluding hydrogens is 312 g/mol. The summed E-state index contributed by atoms with van der Waals surface area (Å²) >= 11 is 0. The summed E-state index contributed by atoms with van der Waals surface area (Å²) in [7, 11) is 2.02. The van der Waals surface area contributed by atoms with E-state index in [9.17, 15) is 4.79 Å². The van der Waals surface area contributed by atoms with E-state index in [0.717, 1.165) is 24.3 Å². The van der Waals surface area contributed by atoms with Crippen LogP contribution in [0.5, 0.6) is 0 Å². The Morgan fingerprint density at radius 3 is 2.48 bits per heavy atom. The highest BCUT2D eigenvalue weighted by Crippen LogP contribution is 2.13. The maximum atomic E-state index is 12.2. The molecule has 1 N–H and O–H groups in total. The number of carbonyl (C=O) groups excluding carboxylic acids is 1. The number of nitrogens with zero attached hydrogens (tertiary/aromatic N) is 3. The predicted octanol–water partition coefficient (Wildman–Crippen LogP) is 3.41. The van der Waals surface area contributed by atoms with Crippen molar-refractivity contribution in [1.29, 1.82) is 0 Å². The molecule has 0 aliphatic rings. The molecule has 2 aromatic heterocycles. The summed E-state index contributed by atoms with van der Waals surface area (Å²) in [5.74, 6) is -0.211. The number of para-hydroxylation sites is 1. The van der Waals surface area contributed by atoms with E-state index in [0.29, 0.717) is 5.69 Å². The van der Waals surface area contributed by atoms with Crippen molar-refractivity contribution in [2.75, 3.05) is 23.8 Å². The van der Waals surface area contributed by atoms with Crippen molar-refractivity contribution < 1.29 is 4.79 Å². The fourth-order valence-electron chi connectivity index (χ4n) is 2.44. The van der Waals surface area contributed by atoms with Crippen LogP contribution in [0.4, 0.5) is 11.4 Å². The van der Waals surface area contributed by atoms with Gasteiger partial charge in [0.2, 0.25) is 0 Å². The van der Waals surface area contributed by atoms with Crippen molar-refractivity contribution in [3.05, 3.63) is 84.4 Å².